The van der Waals surface area contributed by atoms with Crippen LogP contribution in [0.4, 0.5) is 5.69 Å². The maximum absolute atomic E-state index is 11.4. The fourth-order valence-corrected chi connectivity index (χ4v) is 1.08. The summed E-state index contributed by atoms with van der Waals surface area (Å²) in [5.41, 5.74) is 6.27. The minimum Gasteiger partial charge on any atom is -0.325 e. The molecule has 1 rings (SSSR count). The van der Waals surface area contributed by atoms with Gasteiger partial charge in [-0.05, 0) is 30.7 Å². The van der Waals surface area contributed by atoms with Gasteiger partial charge in [0.15, 0.2) is 0 Å². The first-order valence-electron chi connectivity index (χ1n) is 4.45. The summed E-state index contributed by atoms with van der Waals surface area (Å²) < 4.78 is 0. The fraction of sp³-hybridized carbons (Fsp3) is 0.300. The van der Waals surface area contributed by atoms with Gasteiger partial charge < -0.3 is 11.1 Å². The predicted molar refractivity (Wildman–Crippen MR) is 58.3 cm³/mol. The molecular formula is C10H13ClN2O. The lowest BCUT2D eigenvalue weighted by Gasteiger charge is -2.09. The highest BCUT2D eigenvalue weighted by atomic mass is 35.5. The lowest BCUT2D eigenvalue weighted by atomic mass is 10.2. The highest BCUT2D eigenvalue weighted by Gasteiger charge is 2.10. The second-order valence-corrected chi connectivity index (χ2v) is 3.45. The monoisotopic (exact) mass is 212 g/mol. The molecule has 0 saturated carbocycles. The summed E-state index contributed by atoms with van der Waals surface area (Å²) in [4.78, 5) is 11.4. The second kappa shape index (κ2) is 4.98. The molecule has 3 nitrogen and oxygen atoms in total. The Morgan fingerprint density at radius 3 is 2.57 bits per heavy atom. The molecule has 0 unspecified atom stereocenters. The van der Waals surface area contributed by atoms with Crippen molar-refractivity contribution in [1.29, 1.82) is 0 Å². The van der Waals surface area contributed by atoms with Crippen molar-refractivity contribution in [2.75, 3.05) is 5.32 Å². The largest absolute Gasteiger partial charge is 0.325 e. The number of hydrogen-bond donors (Lipinski definition) is 2. The molecule has 0 radical (unpaired) electrons. The van der Waals surface area contributed by atoms with E-state index in [-0.39, 0.29) is 5.91 Å². The smallest absolute Gasteiger partial charge is 0.241 e. The van der Waals surface area contributed by atoms with Crippen LogP contribution >= 0.6 is 11.6 Å². The van der Waals surface area contributed by atoms with Crippen molar-refractivity contribution in [2.24, 2.45) is 5.73 Å². The van der Waals surface area contributed by atoms with E-state index in [1.54, 1.807) is 24.3 Å². The maximum atomic E-state index is 11.4. The van der Waals surface area contributed by atoms with E-state index in [9.17, 15) is 4.79 Å². The standard InChI is InChI=1S/C10H13ClN2O/c1-2-9(12)10(14)13-8-5-3-7(11)4-6-8/h3-6,9H,2,12H2,1H3,(H,13,14)/t9-/m0/s1. The van der Waals surface area contributed by atoms with Gasteiger partial charge in [-0.3, -0.25) is 4.79 Å². The van der Waals surface area contributed by atoms with E-state index < -0.39 is 6.04 Å². The predicted octanol–water partition coefficient (Wildman–Crippen LogP) is 2.02. The number of anilines is 1. The van der Waals surface area contributed by atoms with Gasteiger partial charge in [0, 0.05) is 10.7 Å². The Morgan fingerprint density at radius 1 is 1.50 bits per heavy atom. The first kappa shape index (κ1) is 11.0. The van der Waals surface area contributed by atoms with Crippen LogP contribution in [-0.2, 0) is 4.79 Å². The summed E-state index contributed by atoms with van der Waals surface area (Å²) in [6.45, 7) is 1.87. The third-order valence-electron chi connectivity index (χ3n) is 1.89. The van der Waals surface area contributed by atoms with Crippen LogP contribution in [0.15, 0.2) is 24.3 Å². The van der Waals surface area contributed by atoms with Crippen molar-refractivity contribution in [3.05, 3.63) is 29.3 Å². The van der Waals surface area contributed by atoms with E-state index in [0.717, 1.165) is 0 Å². The zero-order chi connectivity index (χ0) is 10.6. The zero-order valence-electron chi connectivity index (χ0n) is 7.96. The molecule has 14 heavy (non-hydrogen) atoms. The van der Waals surface area contributed by atoms with Gasteiger partial charge in [-0.15, -0.1) is 0 Å². The van der Waals surface area contributed by atoms with Gasteiger partial charge in [-0.2, -0.15) is 0 Å². The Balaban J connectivity index is 2.60. The van der Waals surface area contributed by atoms with Gasteiger partial charge in [0.25, 0.3) is 0 Å². The zero-order valence-corrected chi connectivity index (χ0v) is 8.71. The van der Waals surface area contributed by atoms with E-state index in [4.69, 9.17) is 17.3 Å². The van der Waals surface area contributed by atoms with Crippen molar-refractivity contribution >= 4 is 23.2 Å². The number of halogens is 1. The number of hydrogen-bond acceptors (Lipinski definition) is 2. The minimum absolute atomic E-state index is 0.171. The first-order chi connectivity index (χ1) is 6.63. The van der Waals surface area contributed by atoms with Gasteiger partial charge in [0.1, 0.15) is 0 Å². The number of benzene rings is 1. The average Bonchev–Trinajstić information content (AvgIpc) is 2.20. The minimum atomic E-state index is -0.453. The Morgan fingerprint density at radius 2 is 2.07 bits per heavy atom. The fourth-order valence-electron chi connectivity index (χ4n) is 0.954. The number of nitrogens with two attached hydrogens (primary N) is 1. The molecule has 1 aromatic carbocycles. The normalized spacial score (nSPS) is 12.2. The Hall–Kier alpha value is -1.06. The van der Waals surface area contributed by atoms with Gasteiger partial charge in [-0.25, -0.2) is 0 Å². The summed E-state index contributed by atoms with van der Waals surface area (Å²) in [6.07, 6.45) is 0.624. The van der Waals surface area contributed by atoms with Crippen LogP contribution in [0.3, 0.4) is 0 Å². The molecule has 0 aromatic heterocycles. The number of carbonyl (C=O) groups is 1. The van der Waals surface area contributed by atoms with Crippen molar-refractivity contribution in [2.45, 2.75) is 19.4 Å². The molecule has 1 atom stereocenters. The van der Waals surface area contributed by atoms with Crippen molar-refractivity contribution in [3.8, 4) is 0 Å². The quantitative estimate of drug-likeness (QED) is 0.806. The lowest BCUT2D eigenvalue weighted by Crippen LogP contribution is -2.34. The highest BCUT2D eigenvalue weighted by Crippen LogP contribution is 2.13. The molecule has 0 fully saturated rings. The third-order valence-corrected chi connectivity index (χ3v) is 2.14. The SMILES string of the molecule is CC[C@H](N)C(=O)Nc1ccc(Cl)cc1. The van der Waals surface area contributed by atoms with Gasteiger partial charge in [-0.1, -0.05) is 18.5 Å². The van der Waals surface area contributed by atoms with E-state index in [2.05, 4.69) is 5.32 Å². The van der Waals surface area contributed by atoms with Crippen molar-refractivity contribution < 1.29 is 4.79 Å². The van der Waals surface area contributed by atoms with Crippen LogP contribution < -0.4 is 11.1 Å². The molecule has 0 aliphatic heterocycles. The topological polar surface area (TPSA) is 55.1 Å². The number of amides is 1. The number of nitrogens with one attached hydrogen (secondary N) is 1. The molecule has 4 heteroatoms. The first-order valence-corrected chi connectivity index (χ1v) is 4.83. The molecule has 0 aliphatic carbocycles. The van der Waals surface area contributed by atoms with Crippen molar-refractivity contribution in [3.63, 3.8) is 0 Å². The number of carbonyl (C=O) groups excluding carboxylic acids is 1. The molecular weight excluding hydrogens is 200 g/mol. The molecule has 76 valence electrons. The molecule has 0 saturated heterocycles. The third kappa shape index (κ3) is 3.01. The molecule has 0 heterocycles. The summed E-state index contributed by atoms with van der Waals surface area (Å²) in [5, 5.41) is 3.34. The average molecular weight is 213 g/mol. The lowest BCUT2D eigenvalue weighted by molar-refractivity contribution is -0.117. The summed E-state index contributed by atoms with van der Waals surface area (Å²) >= 11 is 5.70. The summed E-state index contributed by atoms with van der Waals surface area (Å²) in [5.74, 6) is -0.171. The van der Waals surface area contributed by atoms with E-state index >= 15 is 0 Å². The maximum Gasteiger partial charge on any atom is 0.241 e. The van der Waals surface area contributed by atoms with Crippen molar-refractivity contribution in [1.82, 2.24) is 0 Å². The molecule has 3 N–H and O–H groups in total. The van der Waals surface area contributed by atoms with Gasteiger partial charge in [0.05, 0.1) is 6.04 Å². The highest BCUT2D eigenvalue weighted by molar-refractivity contribution is 6.30. The van der Waals surface area contributed by atoms with Crippen LogP contribution in [0.5, 0.6) is 0 Å². The molecule has 1 amide bonds. The van der Waals surface area contributed by atoms with Crippen LogP contribution in [-0.4, -0.2) is 11.9 Å². The summed E-state index contributed by atoms with van der Waals surface area (Å²) in [7, 11) is 0. The number of rotatable bonds is 3. The van der Waals surface area contributed by atoms with E-state index in [0.29, 0.717) is 17.1 Å². The molecule has 0 aliphatic rings. The molecule has 1 aromatic rings. The Bertz CT molecular complexity index is 310. The van der Waals surface area contributed by atoms with Gasteiger partial charge >= 0.3 is 0 Å². The van der Waals surface area contributed by atoms with Crippen LogP contribution in [0.1, 0.15) is 13.3 Å². The van der Waals surface area contributed by atoms with Crippen LogP contribution in [0.2, 0.25) is 5.02 Å². The Kier molecular flexibility index (Phi) is 3.92. The Labute approximate surface area is 88.2 Å². The van der Waals surface area contributed by atoms with Crippen LogP contribution in [0.25, 0.3) is 0 Å². The van der Waals surface area contributed by atoms with E-state index in [1.807, 2.05) is 6.92 Å². The van der Waals surface area contributed by atoms with Crippen LogP contribution in [0, 0.1) is 0 Å². The van der Waals surface area contributed by atoms with E-state index in [1.165, 1.54) is 0 Å². The second-order valence-electron chi connectivity index (χ2n) is 3.01. The summed E-state index contributed by atoms with van der Waals surface area (Å²) in [6, 6.07) is 6.46. The van der Waals surface area contributed by atoms with Gasteiger partial charge in [0.2, 0.25) is 5.91 Å². The molecule has 0 bridgehead atoms. The molecule has 0 spiro atoms.